The van der Waals surface area contributed by atoms with Crippen molar-refractivity contribution < 1.29 is 9.22 Å². The van der Waals surface area contributed by atoms with Gasteiger partial charge in [-0.05, 0) is 52.6 Å². The van der Waals surface area contributed by atoms with Crippen LogP contribution < -0.4 is 0 Å². The molecule has 0 atom stereocenters. The van der Waals surface area contributed by atoms with Gasteiger partial charge >= 0.3 is 0 Å². The molecule has 3 aromatic carbocycles. The highest BCUT2D eigenvalue weighted by Crippen LogP contribution is 2.45. The van der Waals surface area contributed by atoms with E-state index in [1.54, 1.807) is 6.08 Å². The summed E-state index contributed by atoms with van der Waals surface area (Å²) < 4.78 is 6.26. The molecular formula is C32H36O2Si. The fourth-order valence-corrected chi connectivity index (χ4v) is 5.54. The Morgan fingerprint density at radius 3 is 2.06 bits per heavy atom. The van der Waals surface area contributed by atoms with E-state index < -0.39 is 0 Å². The summed E-state index contributed by atoms with van der Waals surface area (Å²) in [6.07, 6.45) is 12.5. The third-order valence-corrected chi connectivity index (χ3v) is 7.31. The van der Waals surface area contributed by atoms with Crippen molar-refractivity contribution in [1.29, 1.82) is 0 Å². The number of aryl methyl sites for hydroxylation is 1. The molecule has 3 heteroatoms. The fraction of sp³-hybridized carbons (Fsp3) is 0.281. The molecule has 0 aliphatic rings. The lowest BCUT2D eigenvalue weighted by Gasteiger charge is -2.34. The number of hydrogen-bond acceptors (Lipinski definition) is 2. The molecule has 0 bridgehead atoms. The van der Waals surface area contributed by atoms with Gasteiger partial charge in [-0.15, -0.1) is 0 Å². The average Bonchev–Trinajstić information content (AvgIpc) is 2.88. The van der Waals surface area contributed by atoms with E-state index in [4.69, 9.17) is 4.43 Å². The average molecular weight is 481 g/mol. The third kappa shape index (κ3) is 8.61. The molecule has 2 radical (unpaired) electrons. The molecule has 35 heavy (non-hydrogen) atoms. The normalized spacial score (nSPS) is 12.1. The number of aldehydes is 1. The predicted molar refractivity (Wildman–Crippen MR) is 149 cm³/mol. The van der Waals surface area contributed by atoms with Crippen molar-refractivity contribution in [3.05, 3.63) is 125 Å². The molecule has 0 spiro atoms. The first-order chi connectivity index (χ1) is 17.1. The topological polar surface area (TPSA) is 26.3 Å². The van der Waals surface area contributed by atoms with Gasteiger partial charge in [0.1, 0.15) is 6.29 Å². The van der Waals surface area contributed by atoms with Crippen molar-refractivity contribution in [3.8, 4) is 0 Å². The van der Waals surface area contributed by atoms with E-state index in [9.17, 15) is 4.79 Å². The largest absolute Gasteiger partial charge is 0.417 e. The zero-order valence-corrected chi connectivity index (χ0v) is 21.9. The summed E-state index contributed by atoms with van der Waals surface area (Å²) in [6, 6.07) is 30.1. The summed E-state index contributed by atoms with van der Waals surface area (Å²) in [5.74, 6) is 0.300. The van der Waals surface area contributed by atoms with Crippen LogP contribution in [0.15, 0.2) is 103 Å². The summed E-state index contributed by atoms with van der Waals surface area (Å²) in [7, 11) is 0.432. The molecule has 2 nitrogen and oxygen atoms in total. The van der Waals surface area contributed by atoms with Gasteiger partial charge in [-0.3, -0.25) is 4.79 Å². The van der Waals surface area contributed by atoms with Crippen LogP contribution in [0.2, 0.25) is 5.04 Å². The van der Waals surface area contributed by atoms with Crippen LogP contribution in [0.3, 0.4) is 0 Å². The molecule has 0 aliphatic heterocycles. The standard InChI is InChI=1S/C32H36O2Si/c1-32(2,31(29-21-7-3-8-22-29)30-23-9-4-10-24-30)35-34-26-16-6-12-18-28-20-14-13-19-27(28)17-11-5-15-25-33/h3-5,7-11,13-15,17,19-25,31H,6,12,16,18,26H2,1-2H3/b15-5+,17-11+. The maximum Gasteiger partial charge on any atom is 0.236 e. The molecule has 0 N–H and O–H groups in total. The van der Waals surface area contributed by atoms with Crippen molar-refractivity contribution in [1.82, 2.24) is 0 Å². The van der Waals surface area contributed by atoms with Crippen LogP contribution in [0, 0.1) is 0 Å². The number of unbranched alkanes of at least 4 members (excludes halogenated alkanes) is 2. The minimum atomic E-state index is 0.00623. The van der Waals surface area contributed by atoms with Crippen molar-refractivity contribution in [2.75, 3.05) is 6.61 Å². The zero-order valence-electron chi connectivity index (χ0n) is 20.9. The molecule has 0 saturated carbocycles. The Morgan fingerprint density at radius 2 is 1.40 bits per heavy atom. The van der Waals surface area contributed by atoms with Crippen LogP contribution in [0.5, 0.6) is 0 Å². The van der Waals surface area contributed by atoms with Crippen molar-refractivity contribution >= 4 is 22.1 Å². The maximum atomic E-state index is 10.4. The van der Waals surface area contributed by atoms with E-state index >= 15 is 0 Å². The van der Waals surface area contributed by atoms with Crippen LogP contribution in [-0.4, -0.2) is 22.7 Å². The zero-order chi connectivity index (χ0) is 24.8. The van der Waals surface area contributed by atoms with Gasteiger partial charge in [0.2, 0.25) is 9.76 Å². The van der Waals surface area contributed by atoms with E-state index in [0.29, 0.717) is 15.7 Å². The number of benzene rings is 3. The van der Waals surface area contributed by atoms with E-state index in [1.165, 1.54) is 28.3 Å². The third-order valence-electron chi connectivity index (χ3n) is 6.15. The SMILES string of the molecule is CC(C)([Si]OCCCCCc1ccccc1/C=C/C=C/C=O)C(c1ccccc1)c1ccccc1. The highest BCUT2D eigenvalue weighted by molar-refractivity contribution is 6.32. The number of hydrogen-bond donors (Lipinski definition) is 0. The minimum Gasteiger partial charge on any atom is -0.417 e. The molecule has 0 heterocycles. The van der Waals surface area contributed by atoms with Crippen LogP contribution in [-0.2, 0) is 15.6 Å². The fourth-order valence-electron chi connectivity index (χ4n) is 4.47. The molecule has 0 fully saturated rings. The molecule has 3 rings (SSSR count). The van der Waals surface area contributed by atoms with E-state index in [0.717, 1.165) is 38.6 Å². The highest BCUT2D eigenvalue weighted by atomic mass is 28.2. The molecule has 0 saturated heterocycles. The number of carbonyl (C=O) groups is 1. The lowest BCUT2D eigenvalue weighted by molar-refractivity contribution is -0.104. The first-order valence-electron chi connectivity index (χ1n) is 12.5. The second-order valence-electron chi connectivity index (χ2n) is 9.32. The number of rotatable bonds is 14. The van der Waals surface area contributed by atoms with Gasteiger partial charge in [-0.1, -0.05) is 123 Å². The van der Waals surface area contributed by atoms with E-state index in [1.807, 2.05) is 6.08 Å². The second kappa shape index (κ2) is 14.4. The Bertz CT molecular complexity index is 1030. The minimum absolute atomic E-state index is 0.00623. The second-order valence-corrected chi connectivity index (χ2v) is 11.1. The van der Waals surface area contributed by atoms with Gasteiger partial charge in [0, 0.05) is 12.5 Å². The quantitative estimate of drug-likeness (QED) is 0.0772. The molecule has 180 valence electrons. The summed E-state index contributed by atoms with van der Waals surface area (Å²) in [6.45, 7) is 5.45. The first-order valence-corrected chi connectivity index (χ1v) is 13.4. The molecule has 0 aromatic heterocycles. The Labute approximate surface area is 213 Å². The van der Waals surface area contributed by atoms with Gasteiger partial charge in [-0.25, -0.2) is 0 Å². The Kier molecular flexibility index (Phi) is 10.9. The molecule has 0 aliphatic carbocycles. The van der Waals surface area contributed by atoms with Crippen LogP contribution in [0.1, 0.15) is 61.3 Å². The summed E-state index contributed by atoms with van der Waals surface area (Å²) in [5, 5.41) is 0.00623. The maximum absolute atomic E-state index is 10.4. The van der Waals surface area contributed by atoms with Crippen molar-refractivity contribution in [2.24, 2.45) is 0 Å². The highest BCUT2D eigenvalue weighted by Gasteiger charge is 2.33. The number of allylic oxidation sites excluding steroid dienone is 3. The Hall–Kier alpha value is -3.01. The summed E-state index contributed by atoms with van der Waals surface area (Å²) in [4.78, 5) is 10.4. The lowest BCUT2D eigenvalue weighted by atomic mass is 9.82. The van der Waals surface area contributed by atoms with Crippen LogP contribution >= 0.6 is 0 Å². The predicted octanol–water partition coefficient (Wildman–Crippen LogP) is 7.83. The smallest absolute Gasteiger partial charge is 0.236 e. The Balaban J connectivity index is 1.47. The van der Waals surface area contributed by atoms with Gasteiger partial charge in [0.15, 0.2) is 0 Å². The van der Waals surface area contributed by atoms with E-state index in [2.05, 4.69) is 105 Å². The lowest BCUT2D eigenvalue weighted by Crippen LogP contribution is -2.25. The molecule has 0 amide bonds. The van der Waals surface area contributed by atoms with E-state index in [-0.39, 0.29) is 5.04 Å². The summed E-state index contributed by atoms with van der Waals surface area (Å²) in [5.41, 5.74) is 5.25. The Morgan fingerprint density at radius 1 is 0.771 bits per heavy atom. The number of carbonyl (C=O) groups excluding carboxylic acids is 1. The van der Waals surface area contributed by atoms with Crippen LogP contribution in [0.4, 0.5) is 0 Å². The van der Waals surface area contributed by atoms with Crippen LogP contribution in [0.25, 0.3) is 6.08 Å². The van der Waals surface area contributed by atoms with Gasteiger partial charge in [-0.2, -0.15) is 0 Å². The molecule has 0 unspecified atom stereocenters. The summed E-state index contributed by atoms with van der Waals surface area (Å²) >= 11 is 0. The monoisotopic (exact) mass is 480 g/mol. The molecular weight excluding hydrogens is 444 g/mol. The van der Waals surface area contributed by atoms with Gasteiger partial charge < -0.3 is 4.43 Å². The van der Waals surface area contributed by atoms with Gasteiger partial charge in [0.25, 0.3) is 0 Å². The molecule has 3 aromatic rings. The van der Waals surface area contributed by atoms with Gasteiger partial charge in [0.05, 0.1) is 0 Å². The van der Waals surface area contributed by atoms with Crippen molar-refractivity contribution in [3.63, 3.8) is 0 Å². The first kappa shape index (κ1) is 26.6. The van der Waals surface area contributed by atoms with Crippen molar-refractivity contribution in [2.45, 2.75) is 50.5 Å².